The van der Waals surface area contributed by atoms with Crippen LogP contribution >= 0.6 is 33.9 Å². The zero-order valence-corrected chi connectivity index (χ0v) is 27.1. The third-order valence-electron chi connectivity index (χ3n) is 7.38. The highest BCUT2D eigenvalue weighted by molar-refractivity contribution is 14.1. The minimum Gasteiger partial charge on any atom is -0.504 e. The molecule has 5 rings (SSSR count). The summed E-state index contributed by atoms with van der Waals surface area (Å²) in [6.45, 7) is 9.00. The first-order valence-electron chi connectivity index (χ1n) is 13.8. The number of ether oxygens (including phenoxy) is 2. The van der Waals surface area contributed by atoms with Crippen LogP contribution in [0.3, 0.4) is 0 Å². The lowest BCUT2D eigenvalue weighted by molar-refractivity contribution is -0.127. The molecule has 4 aromatic rings. The van der Waals surface area contributed by atoms with Crippen molar-refractivity contribution in [3.05, 3.63) is 94.2 Å². The molecule has 0 saturated heterocycles. The fourth-order valence-electron chi connectivity index (χ4n) is 5.38. The molecule has 3 aromatic carbocycles. The van der Waals surface area contributed by atoms with E-state index in [-0.39, 0.29) is 17.2 Å². The maximum atomic E-state index is 14.3. The largest absolute Gasteiger partial charge is 0.504 e. The number of aromatic hydroxyl groups is 1. The van der Waals surface area contributed by atoms with Crippen molar-refractivity contribution in [2.24, 2.45) is 4.99 Å². The van der Waals surface area contributed by atoms with E-state index >= 15 is 0 Å². The summed E-state index contributed by atoms with van der Waals surface area (Å²) in [7, 11) is 1.60. The van der Waals surface area contributed by atoms with Gasteiger partial charge in [-0.2, -0.15) is 0 Å². The Morgan fingerprint density at radius 1 is 1.14 bits per heavy atom. The van der Waals surface area contributed by atoms with Crippen molar-refractivity contribution in [3.63, 3.8) is 0 Å². The van der Waals surface area contributed by atoms with Crippen molar-refractivity contribution < 1.29 is 19.4 Å². The van der Waals surface area contributed by atoms with Crippen molar-refractivity contribution in [2.45, 2.75) is 33.7 Å². The van der Waals surface area contributed by atoms with E-state index in [0.717, 1.165) is 16.3 Å². The highest BCUT2D eigenvalue weighted by atomic mass is 127. The number of hydrogen-bond donors (Lipinski definition) is 1. The van der Waals surface area contributed by atoms with Crippen LogP contribution in [0.4, 0.5) is 0 Å². The van der Waals surface area contributed by atoms with E-state index < -0.39 is 6.04 Å². The third-order valence-corrected chi connectivity index (χ3v) is 9.18. The number of methoxy groups -OCH3 is 1. The summed E-state index contributed by atoms with van der Waals surface area (Å²) in [6.07, 6.45) is 1.77. The summed E-state index contributed by atoms with van der Waals surface area (Å²) in [4.78, 5) is 35.4. The second-order valence-corrected chi connectivity index (χ2v) is 11.9. The zero-order valence-electron chi connectivity index (χ0n) is 24.1. The van der Waals surface area contributed by atoms with Crippen molar-refractivity contribution >= 4 is 56.7 Å². The predicted octanol–water partition coefficient (Wildman–Crippen LogP) is 4.97. The van der Waals surface area contributed by atoms with E-state index in [1.165, 1.54) is 11.3 Å². The number of rotatable bonds is 8. The quantitative estimate of drug-likeness (QED) is 0.263. The van der Waals surface area contributed by atoms with Crippen LogP contribution in [0.15, 0.2) is 69.6 Å². The summed E-state index contributed by atoms with van der Waals surface area (Å²) >= 11 is 3.31. The first-order valence-corrected chi connectivity index (χ1v) is 15.7. The van der Waals surface area contributed by atoms with Gasteiger partial charge in [0.1, 0.15) is 11.8 Å². The number of halogens is 1. The van der Waals surface area contributed by atoms with Crippen LogP contribution in [0.2, 0.25) is 0 Å². The molecular weight excluding hydrogens is 665 g/mol. The predicted molar refractivity (Wildman–Crippen MR) is 174 cm³/mol. The average Bonchev–Trinajstić information content (AvgIpc) is 3.28. The third kappa shape index (κ3) is 5.22. The molecule has 8 nitrogen and oxygen atoms in total. The van der Waals surface area contributed by atoms with Crippen LogP contribution in [0, 0.1) is 3.57 Å². The van der Waals surface area contributed by atoms with Crippen molar-refractivity contribution in [2.75, 3.05) is 26.8 Å². The Balaban J connectivity index is 1.83. The van der Waals surface area contributed by atoms with Crippen LogP contribution in [0.25, 0.3) is 16.8 Å². The molecule has 218 valence electrons. The molecule has 1 aromatic heterocycles. The number of carbonyl (C=O) groups is 1. The molecule has 0 aliphatic carbocycles. The smallest absolute Gasteiger partial charge is 0.271 e. The number of allylic oxidation sites excluding steroid dienone is 1. The number of fused-ring (bicyclic) bond motifs is 2. The van der Waals surface area contributed by atoms with Crippen LogP contribution in [-0.2, 0) is 4.79 Å². The number of aromatic nitrogens is 1. The number of hydrogen-bond acceptors (Lipinski definition) is 7. The molecule has 1 aliphatic heterocycles. The molecule has 1 aliphatic rings. The normalized spacial score (nSPS) is 15.0. The molecular formula is C32H32IN3O5S. The summed E-state index contributed by atoms with van der Waals surface area (Å²) in [5, 5.41) is 12.3. The number of thiazole rings is 1. The molecule has 42 heavy (non-hydrogen) atoms. The topological polar surface area (TPSA) is 93.4 Å². The summed E-state index contributed by atoms with van der Waals surface area (Å²) < 4.78 is 14.2. The number of carbonyl (C=O) groups excluding carboxylic acids is 1. The van der Waals surface area contributed by atoms with Gasteiger partial charge in [-0.3, -0.25) is 14.2 Å². The molecule has 1 amide bonds. The van der Waals surface area contributed by atoms with E-state index in [2.05, 4.69) is 0 Å². The van der Waals surface area contributed by atoms with Crippen molar-refractivity contribution in [1.82, 2.24) is 9.47 Å². The lowest BCUT2D eigenvalue weighted by Gasteiger charge is -2.30. The van der Waals surface area contributed by atoms with Gasteiger partial charge < -0.3 is 19.5 Å². The summed E-state index contributed by atoms with van der Waals surface area (Å²) in [6, 6.07) is 14.5. The van der Waals surface area contributed by atoms with Crippen LogP contribution in [0.1, 0.15) is 44.9 Å². The zero-order chi connectivity index (χ0) is 30.1. The molecule has 0 radical (unpaired) electrons. The van der Waals surface area contributed by atoms with Gasteiger partial charge >= 0.3 is 0 Å². The van der Waals surface area contributed by atoms with E-state index in [1.807, 2.05) is 86.7 Å². The van der Waals surface area contributed by atoms with E-state index in [4.69, 9.17) is 14.5 Å². The van der Waals surface area contributed by atoms with Gasteiger partial charge in [-0.15, -0.1) is 0 Å². The van der Waals surface area contributed by atoms with Gasteiger partial charge in [0.25, 0.3) is 11.5 Å². The Morgan fingerprint density at radius 2 is 1.88 bits per heavy atom. The van der Waals surface area contributed by atoms with E-state index in [9.17, 15) is 14.7 Å². The Morgan fingerprint density at radius 3 is 2.57 bits per heavy atom. The van der Waals surface area contributed by atoms with Crippen molar-refractivity contribution in [1.29, 1.82) is 0 Å². The van der Waals surface area contributed by atoms with Gasteiger partial charge in [0.15, 0.2) is 16.3 Å². The first kappa shape index (κ1) is 29.8. The summed E-state index contributed by atoms with van der Waals surface area (Å²) in [5.41, 5.74) is 2.20. The Labute approximate surface area is 261 Å². The maximum absolute atomic E-state index is 14.3. The van der Waals surface area contributed by atoms with Gasteiger partial charge in [-0.25, -0.2) is 4.99 Å². The van der Waals surface area contributed by atoms with Crippen LogP contribution in [-0.4, -0.2) is 47.3 Å². The number of phenols is 1. The van der Waals surface area contributed by atoms with Crippen molar-refractivity contribution in [3.8, 4) is 17.2 Å². The monoisotopic (exact) mass is 697 g/mol. The Kier molecular flexibility index (Phi) is 8.74. The van der Waals surface area contributed by atoms with Crippen LogP contribution in [0.5, 0.6) is 17.2 Å². The number of benzene rings is 3. The molecule has 0 fully saturated rings. The van der Waals surface area contributed by atoms with Gasteiger partial charge in [0, 0.05) is 18.7 Å². The number of likely N-dealkylation sites (N-methyl/N-ethyl adjacent to an activating group) is 1. The van der Waals surface area contributed by atoms with E-state index in [0.29, 0.717) is 60.9 Å². The summed E-state index contributed by atoms with van der Waals surface area (Å²) in [5.74, 6) is 0.839. The SMILES string of the molecule is CCOc1cc(/C=c2/sc3n(c2=O)[C@H](c2c(OC)ccc4ccccc24)C(C(=O)N(CC)CC)=C(C)N=3)cc(I)c1O. The van der Waals surface area contributed by atoms with Gasteiger partial charge in [-0.05, 0) is 90.9 Å². The molecule has 1 atom stereocenters. The lowest BCUT2D eigenvalue weighted by Crippen LogP contribution is -2.43. The number of phenolic OH excluding ortho intramolecular Hbond substituents is 1. The maximum Gasteiger partial charge on any atom is 0.271 e. The fourth-order valence-corrected chi connectivity index (χ4v) is 7.05. The fraction of sp³-hybridized carbons (Fsp3) is 0.281. The minimum absolute atomic E-state index is 0.0642. The molecule has 10 heteroatoms. The molecule has 0 saturated carbocycles. The van der Waals surface area contributed by atoms with Gasteiger partial charge in [0.05, 0.1) is 33.1 Å². The van der Waals surface area contributed by atoms with Gasteiger partial charge in [0.2, 0.25) is 0 Å². The van der Waals surface area contributed by atoms with E-state index in [1.54, 1.807) is 34.8 Å². The molecule has 2 heterocycles. The molecule has 0 spiro atoms. The second-order valence-electron chi connectivity index (χ2n) is 9.74. The number of amides is 1. The Hall–Kier alpha value is -3.64. The lowest BCUT2D eigenvalue weighted by atomic mass is 9.90. The molecule has 0 unspecified atom stereocenters. The minimum atomic E-state index is -0.753. The standard InChI is InChI=1S/C32H32IN3O5S/c1-6-35(7-2)31(39)26-18(4)34-32-36(28(26)27-21-12-10-9-11-20(21)13-14-23(27)40-5)30(38)25(42-32)17-19-15-22(33)29(37)24(16-19)41-8-3/h9-17,28,37H,6-8H2,1-5H3/b25-17+/t28-/m0/s1. The first-order chi connectivity index (χ1) is 20.2. The average molecular weight is 698 g/mol. The molecule has 0 bridgehead atoms. The highest BCUT2D eigenvalue weighted by Crippen LogP contribution is 2.40. The van der Waals surface area contributed by atoms with Crippen LogP contribution < -0.4 is 24.4 Å². The van der Waals surface area contributed by atoms with Gasteiger partial charge in [-0.1, -0.05) is 41.7 Å². The number of nitrogens with zero attached hydrogens (tertiary/aromatic N) is 3. The highest BCUT2D eigenvalue weighted by Gasteiger charge is 2.36. The second kappa shape index (κ2) is 12.3. The molecule has 1 N–H and O–H groups in total. The Bertz CT molecular complexity index is 1910.